The molecule has 3 aliphatic rings. The van der Waals surface area contributed by atoms with Gasteiger partial charge in [0.15, 0.2) is 5.78 Å². The number of nitrogens with zero attached hydrogens (tertiary/aromatic N) is 1. The summed E-state index contributed by atoms with van der Waals surface area (Å²) in [7, 11) is 0. The lowest BCUT2D eigenvalue weighted by molar-refractivity contribution is -0.142. The van der Waals surface area contributed by atoms with Crippen LogP contribution >= 0.6 is 0 Å². The topological polar surface area (TPSA) is 69.4 Å². The van der Waals surface area contributed by atoms with Gasteiger partial charge in [-0.15, -0.1) is 0 Å². The van der Waals surface area contributed by atoms with Crippen molar-refractivity contribution in [3.05, 3.63) is 53.8 Å². The molecule has 0 atom stereocenters. The average Bonchev–Trinajstić information content (AvgIpc) is 3.42. The number of Topliss-reactive ketones (excluding diaryl/α,β-unsaturated/α-hetero) is 1. The smallest absolute Gasteiger partial charge is 0.310 e. The van der Waals surface area contributed by atoms with Gasteiger partial charge in [-0.2, -0.15) is 0 Å². The van der Waals surface area contributed by atoms with E-state index in [4.69, 9.17) is 9.26 Å². The second-order valence-corrected chi connectivity index (χ2v) is 8.03. The monoisotopic (exact) mass is 405 g/mol. The van der Waals surface area contributed by atoms with Gasteiger partial charge >= 0.3 is 5.97 Å². The Morgan fingerprint density at radius 3 is 2.57 bits per heavy atom. The molecule has 1 aliphatic heterocycles. The third-order valence-electron chi connectivity index (χ3n) is 6.00. The normalized spacial score (nSPS) is 14.3. The molecule has 1 aromatic rings. The maximum Gasteiger partial charge on any atom is 0.310 e. The summed E-state index contributed by atoms with van der Waals surface area (Å²) in [5.74, 6) is 0.636. The minimum atomic E-state index is -0.239. The van der Waals surface area contributed by atoms with Crippen LogP contribution in [0.15, 0.2) is 47.2 Å². The van der Waals surface area contributed by atoms with Crippen LogP contribution in [0.1, 0.15) is 61.4 Å². The number of aromatic nitrogens is 1. The lowest BCUT2D eigenvalue weighted by Crippen LogP contribution is -2.07. The van der Waals surface area contributed by atoms with Crippen molar-refractivity contribution in [2.45, 2.75) is 51.9 Å². The van der Waals surface area contributed by atoms with Crippen LogP contribution in [0.25, 0.3) is 22.4 Å². The van der Waals surface area contributed by atoms with Gasteiger partial charge in [-0.25, -0.2) is 0 Å². The second kappa shape index (κ2) is 9.24. The van der Waals surface area contributed by atoms with Crippen LogP contribution in [-0.4, -0.2) is 23.5 Å². The highest BCUT2D eigenvalue weighted by Crippen LogP contribution is 2.37. The van der Waals surface area contributed by atoms with Gasteiger partial charge in [0.25, 0.3) is 0 Å². The van der Waals surface area contributed by atoms with Gasteiger partial charge in [-0.05, 0) is 30.9 Å². The van der Waals surface area contributed by atoms with Crippen LogP contribution < -0.4 is 0 Å². The average molecular weight is 405 g/mol. The van der Waals surface area contributed by atoms with E-state index in [1.54, 1.807) is 13.2 Å². The molecule has 1 fully saturated rings. The Balaban J connectivity index is 1.49. The number of ketones is 1. The van der Waals surface area contributed by atoms with Gasteiger partial charge in [0.2, 0.25) is 0 Å². The van der Waals surface area contributed by atoms with Gasteiger partial charge < -0.3 is 9.26 Å². The predicted molar refractivity (Wildman–Crippen MR) is 114 cm³/mol. The summed E-state index contributed by atoms with van der Waals surface area (Å²) < 4.78 is 10.4. The Bertz CT molecular complexity index is 983. The molecule has 0 bridgehead atoms. The maximum absolute atomic E-state index is 12.8. The van der Waals surface area contributed by atoms with Gasteiger partial charge in [-0.3, -0.25) is 9.59 Å². The first-order chi connectivity index (χ1) is 14.7. The zero-order chi connectivity index (χ0) is 20.9. The number of carbonyl (C=O) groups is 2. The molecular weight excluding hydrogens is 378 g/mol. The number of rotatable bonds is 8. The maximum atomic E-state index is 12.8. The number of fused-ring (bicyclic) bond motifs is 1. The summed E-state index contributed by atoms with van der Waals surface area (Å²) in [5, 5.41) is 4.20. The molecule has 2 aliphatic carbocycles. The van der Waals surface area contributed by atoms with E-state index in [0.717, 1.165) is 28.7 Å². The van der Waals surface area contributed by atoms with E-state index < -0.39 is 0 Å². The number of hydrogen-bond acceptors (Lipinski definition) is 5. The molecule has 1 aromatic carbocycles. The Kier molecular flexibility index (Phi) is 6.26. The van der Waals surface area contributed by atoms with Gasteiger partial charge in [0, 0.05) is 28.7 Å². The van der Waals surface area contributed by atoms with Crippen molar-refractivity contribution >= 4 is 11.8 Å². The number of ether oxygens (including phenoxy) is 1. The second-order valence-electron chi connectivity index (χ2n) is 8.03. The highest BCUT2D eigenvalue weighted by Gasteiger charge is 2.23. The van der Waals surface area contributed by atoms with Crippen molar-refractivity contribution in [1.29, 1.82) is 0 Å². The van der Waals surface area contributed by atoms with Crippen LogP contribution in [0.4, 0.5) is 0 Å². The molecule has 0 N–H and O–H groups in total. The molecule has 0 radical (unpaired) electrons. The molecule has 30 heavy (non-hydrogen) atoms. The Morgan fingerprint density at radius 2 is 1.83 bits per heavy atom. The summed E-state index contributed by atoms with van der Waals surface area (Å²) in [5.41, 5.74) is 4.90. The highest BCUT2D eigenvalue weighted by molar-refractivity contribution is 6.05. The molecular formula is C25H27NO4. The summed E-state index contributed by atoms with van der Waals surface area (Å²) in [6.45, 7) is 2.17. The zero-order valence-electron chi connectivity index (χ0n) is 17.4. The fourth-order valence-corrected chi connectivity index (χ4v) is 4.39. The largest absolute Gasteiger partial charge is 0.466 e. The Morgan fingerprint density at radius 1 is 1.07 bits per heavy atom. The first kappa shape index (κ1) is 20.3. The Hall–Kier alpha value is -2.95. The number of esters is 1. The summed E-state index contributed by atoms with van der Waals surface area (Å²) >= 11 is 0. The first-order valence-electron chi connectivity index (χ1n) is 10.8. The molecule has 5 nitrogen and oxygen atoms in total. The molecule has 5 heteroatoms. The number of hydrogen-bond donors (Lipinski definition) is 0. The molecule has 1 saturated carbocycles. The molecule has 0 saturated heterocycles. The van der Waals surface area contributed by atoms with Crippen LogP contribution in [0, 0.1) is 5.92 Å². The van der Waals surface area contributed by atoms with Crippen molar-refractivity contribution in [3.8, 4) is 22.4 Å². The van der Waals surface area contributed by atoms with Crippen molar-refractivity contribution in [3.63, 3.8) is 0 Å². The SMILES string of the molecule is CCOC(=O)Cc1ccc(-c2nocc3c(C(=O)CCC4CCCC4)ccc2-3)cc1. The number of benzene rings is 1. The van der Waals surface area contributed by atoms with Crippen LogP contribution in [0.3, 0.4) is 0 Å². The lowest BCUT2D eigenvalue weighted by Gasteiger charge is -2.10. The minimum absolute atomic E-state index is 0.175. The van der Waals surface area contributed by atoms with Crippen LogP contribution in [-0.2, 0) is 16.0 Å². The third kappa shape index (κ3) is 4.45. The molecule has 4 rings (SSSR count). The summed E-state index contributed by atoms with van der Waals surface area (Å²) in [6.07, 6.45) is 8.47. The van der Waals surface area contributed by atoms with Crippen molar-refractivity contribution in [2.24, 2.45) is 5.92 Å². The number of carbonyl (C=O) groups excluding carboxylic acids is 2. The third-order valence-corrected chi connectivity index (χ3v) is 6.00. The van der Waals surface area contributed by atoms with Crippen molar-refractivity contribution < 1.29 is 18.8 Å². The van der Waals surface area contributed by atoms with E-state index in [0.29, 0.717) is 30.2 Å². The van der Waals surface area contributed by atoms with Crippen molar-refractivity contribution in [1.82, 2.24) is 5.16 Å². The van der Waals surface area contributed by atoms with Crippen LogP contribution in [0.5, 0.6) is 0 Å². The molecule has 156 valence electrons. The zero-order valence-corrected chi connectivity index (χ0v) is 17.4. The predicted octanol–water partition coefficient (Wildman–Crippen LogP) is 5.71. The highest BCUT2D eigenvalue weighted by atomic mass is 16.5. The van der Waals surface area contributed by atoms with Crippen molar-refractivity contribution in [2.75, 3.05) is 6.61 Å². The molecule has 1 heterocycles. The minimum Gasteiger partial charge on any atom is -0.466 e. The standard InChI is InChI=1S/C25H27NO4/c1-2-29-24(28)15-18-7-10-19(11-8-18)25-21-13-12-20(22(21)16-30-26-25)23(27)14-9-17-5-3-4-6-17/h7-8,10-13,16-17H,2-6,9,14-15H2,1H3. The summed E-state index contributed by atoms with van der Waals surface area (Å²) in [6, 6.07) is 11.5. The quantitative estimate of drug-likeness (QED) is 0.355. The molecule has 0 unspecified atom stereocenters. The van der Waals surface area contributed by atoms with E-state index >= 15 is 0 Å². The van der Waals surface area contributed by atoms with Crippen LogP contribution in [0.2, 0.25) is 0 Å². The van der Waals surface area contributed by atoms with E-state index in [1.807, 2.05) is 36.4 Å². The van der Waals surface area contributed by atoms with E-state index in [2.05, 4.69) is 5.16 Å². The van der Waals surface area contributed by atoms with Gasteiger partial charge in [0.1, 0.15) is 12.0 Å². The molecule has 0 aromatic heterocycles. The van der Waals surface area contributed by atoms with Gasteiger partial charge in [-0.1, -0.05) is 61.2 Å². The van der Waals surface area contributed by atoms with E-state index in [1.165, 1.54) is 25.7 Å². The van der Waals surface area contributed by atoms with E-state index in [9.17, 15) is 9.59 Å². The first-order valence-corrected chi connectivity index (χ1v) is 10.8. The van der Waals surface area contributed by atoms with Gasteiger partial charge in [0.05, 0.1) is 13.0 Å². The molecule has 0 amide bonds. The van der Waals surface area contributed by atoms with E-state index in [-0.39, 0.29) is 18.2 Å². The Labute approximate surface area is 176 Å². The lowest BCUT2D eigenvalue weighted by atomic mass is 9.96. The fourth-order valence-electron chi connectivity index (χ4n) is 4.39. The summed E-state index contributed by atoms with van der Waals surface area (Å²) in [4.78, 5) is 24.5. The fraction of sp³-hybridized carbons (Fsp3) is 0.400. The molecule has 0 spiro atoms.